The Morgan fingerprint density at radius 3 is 2.90 bits per heavy atom. The minimum atomic E-state index is -0.568. The lowest BCUT2D eigenvalue weighted by atomic mass is 10.2. The van der Waals surface area contributed by atoms with E-state index in [-0.39, 0.29) is 16.9 Å². The molecule has 0 saturated carbocycles. The molecule has 29 heavy (non-hydrogen) atoms. The maximum absolute atomic E-state index is 12.5. The van der Waals surface area contributed by atoms with Crippen LogP contribution in [0.3, 0.4) is 0 Å². The molecule has 9 heteroatoms. The molecule has 1 amide bonds. The molecule has 3 rings (SSSR count). The van der Waals surface area contributed by atoms with Gasteiger partial charge >= 0.3 is 5.97 Å². The molecule has 154 valence electrons. The fourth-order valence-electron chi connectivity index (χ4n) is 2.74. The van der Waals surface area contributed by atoms with Gasteiger partial charge in [0, 0.05) is 23.5 Å². The Balaban J connectivity index is 1.56. The Hall–Kier alpha value is -1.80. The molecule has 1 saturated heterocycles. The van der Waals surface area contributed by atoms with Crippen LogP contribution in [-0.2, 0) is 14.3 Å². The number of nitrogens with one attached hydrogen (secondary N) is 1. The van der Waals surface area contributed by atoms with Crippen LogP contribution >= 0.6 is 35.0 Å². The largest absolute Gasteiger partial charge is 0.452 e. The molecule has 1 aromatic carbocycles. The lowest BCUT2D eigenvalue weighted by molar-refractivity contribution is -0.119. The molecule has 1 unspecified atom stereocenters. The van der Waals surface area contributed by atoms with Crippen LogP contribution in [0.15, 0.2) is 35.4 Å². The summed E-state index contributed by atoms with van der Waals surface area (Å²) in [5, 5.41) is 3.17. The number of rotatable bonds is 7. The number of halogens is 2. The number of hydrogen-bond donors (Lipinski definition) is 1. The van der Waals surface area contributed by atoms with Gasteiger partial charge in [-0.25, -0.2) is 9.78 Å². The van der Waals surface area contributed by atoms with Crippen LogP contribution in [0.1, 0.15) is 28.8 Å². The summed E-state index contributed by atoms with van der Waals surface area (Å²) < 4.78 is 10.8. The molecule has 0 bridgehead atoms. The molecule has 1 fully saturated rings. The van der Waals surface area contributed by atoms with Crippen molar-refractivity contribution >= 4 is 52.7 Å². The van der Waals surface area contributed by atoms with Crippen molar-refractivity contribution in [2.24, 2.45) is 0 Å². The number of thioether (sulfide) groups is 1. The van der Waals surface area contributed by atoms with E-state index in [1.165, 1.54) is 6.20 Å². The van der Waals surface area contributed by atoms with Crippen molar-refractivity contribution in [3.8, 4) is 0 Å². The van der Waals surface area contributed by atoms with Gasteiger partial charge in [0.05, 0.1) is 21.7 Å². The first-order chi connectivity index (χ1) is 14.0. The van der Waals surface area contributed by atoms with Crippen LogP contribution in [0.4, 0.5) is 5.82 Å². The second-order valence-corrected chi connectivity index (χ2v) is 8.31. The first-order valence-corrected chi connectivity index (χ1v) is 10.8. The van der Waals surface area contributed by atoms with E-state index in [9.17, 15) is 9.59 Å². The summed E-state index contributed by atoms with van der Waals surface area (Å²) in [5.41, 5.74) is 1.02. The monoisotopic (exact) mass is 454 g/mol. The van der Waals surface area contributed by atoms with Gasteiger partial charge in [0.1, 0.15) is 0 Å². The zero-order valence-corrected chi connectivity index (χ0v) is 18.1. The summed E-state index contributed by atoms with van der Waals surface area (Å²) in [6.07, 6.45) is 3.69. The Labute approximate surface area is 183 Å². The highest BCUT2D eigenvalue weighted by atomic mass is 35.5. The van der Waals surface area contributed by atoms with Gasteiger partial charge in [-0.15, -0.1) is 11.8 Å². The van der Waals surface area contributed by atoms with Crippen molar-refractivity contribution in [1.82, 2.24) is 4.98 Å². The third-order valence-corrected chi connectivity index (χ3v) is 6.40. The van der Waals surface area contributed by atoms with Crippen LogP contribution in [0.2, 0.25) is 10.0 Å². The number of benzene rings is 1. The van der Waals surface area contributed by atoms with E-state index >= 15 is 0 Å². The van der Waals surface area contributed by atoms with E-state index in [1.807, 2.05) is 12.1 Å². The molecule has 1 aliphatic rings. The second-order valence-electron chi connectivity index (χ2n) is 6.46. The Morgan fingerprint density at radius 2 is 2.14 bits per heavy atom. The molecule has 0 spiro atoms. The van der Waals surface area contributed by atoms with Crippen molar-refractivity contribution in [3.05, 3.63) is 51.6 Å². The number of aromatic nitrogens is 1. The molecule has 0 aliphatic carbocycles. The van der Waals surface area contributed by atoms with E-state index in [0.29, 0.717) is 16.1 Å². The molecular formula is C20H20Cl2N2O4S. The molecule has 2 aromatic rings. The molecule has 0 radical (unpaired) electrons. The summed E-state index contributed by atoms with van der Waals surface area (Å²) in [6.45, 7) is 2.05. The smallest absolute Gasteiger partial charge is 0.339 e. The number of pyridine rings is 1. The van der Waals surface area contributed by atoms with Gasteiger partial charge in [0.25, 0.3) is 5.91 Å². The quantitative estimate of drug-likeness (QED) is 0.479. The van der Waals surface area contributed by atoms with Crippen LogP contribution in [0.25, 0.3) is 0 Å². The normalized spacial score (nSPS) is 15.9. The Kier molecular flexibility index (Phi) is 7.77. The van der Waals surface area contributed by atoms with Crippen molar-refractivity contribution in [2.45, 2.75) is 30.8 Å². The molecule has 2 heterocycles. The van der Waals surface area contributed by atoms with Gasteiger partial charge in [-0.3, -0.25) is 4.79 Å². The summed E-state index contributed by atoms with van der Waals surface area (Å²) in [7, 11) is 0. The zero-order chi connectivity index (χ0) is 20.8. The lowest BCUT2D eigenvalue weighted by Gasteiger charge is -2.12. The second kappa shape index (κ2) is 10.3. The number of anilines is 1. The number of amides is 1. The zero-order valence-electron chi connectivity index (χ0n) is 15.7. The van der Waals surface area contributed by atoms with Crippen LogP contribution in [0.5, 0.6) is 0 Å². The van der Waals surface area contributed by atoms with Gasteiger partial charge in [-0.2, -0.15) is 0 Å². The van der Waals surface area contributed by atoms with Crippen molar-refractivity contribution in [2.75, 3.05) is 24.3 Å². The van der Waals surface area contributed by atoms with Crippen LogP contribution in [-0.4, -0.2) is 41.9 Å². The number of carbonyl (C=O) groups excluding carboxylic acids is 2. The average Bonchev–Trinajstić information content (AvgIpc) is 3.25. The highest BCUT2D eigenvalue weighted by Crippen LogP contribution is 2.29. The number of esters is 1. The highest BCUT2D eigenvalue weighted by Gasteiger charge is 2.19. The Morgan fingerprint density at radius 1 is 1.34 bits per heavy atom. The highest BCUT2D eigenvalue weighted by molar-refractivity contribution is 7.99. The first kappa shape index (κ1) is 21.9. The van der Waals surface area contributed by atoms with Gasteiger partial charge < -0.3 is 14.8 Å². The molecule has 1 N–H and O–H groups in total. The third kappa shape index (κ3) is 5.85. The van der Waals surface area contributed by atoms with E-state index in [0.717, 1.165) is 30.1 Å². The van der Waals surface area contributed by atoms with Crippen LogP contribution < -0.4 is 5.32 Å². The third-order valence-electron chi connectivity index (χ3n) is 4.35. The molecule has 1 aromatic heterocycles. The summed E-state index contributed by atoms with van der Waals surface area (Å²) >= 11 is 13.6. The first-order valence-electron chi connectivity index (χ1n) is 9.06. The SMILES string of the molecule is Cc1c(Cl)cnc(NC(=O)COC(=O)c2ccccc2SCC2CCCO2)c1Cl. The number of hydrogen-bond acceptors (Lipinski definition) is 6. The predicted octanol–water partition coefficient (Wildman–Crippen LogP) is 4.76. The van der Waals surface area contributed by atoms with Crippen molar-refractivity contribution in [3.63, 3.8) is 0 Å². The molecule has 1 aliphatic heterocycles. The molecule has 1 atom stereocenters. The maximum atomic E-state index is 12.5. The van der Waals surface area contributed by atoms with Crippen molar-refractivity contribution in [1.29, 1.82) is 0 Å². The standard InChI is InChI=1S/C20H20Cl2N2O4S/c1-12-15(21)9-23-19(18(12)22)24-17(25)10-28-20(26)14-6-2-3-7-16(14)29-11-13-5-4-8-27-13/h2-3,6-7,9,13H,4-5,8,10-11H2,1H3,(H,23,24,25). The van der Waals surface area contributed by atoms with Crippen molar-refractivity contribution < 1.29 is 19.1 Å². The lowest BCUT2D eigenvalue weighted by Crippen LogP contribution is -2.22. The van der Waals surface area contributed by atoms with E-state index < -0.39 is 18.5 Å². The van der Waals surface area contributed by atoms with Gasteiger partial charge in [-0.1, -0.05) is 35.3 Å². The summed E-state index contributed by atoms with van der Waals surface area (Å²) in [6, 6.07) is 7.15. The van der Waals surface area contributed by atoms with Gasteiger partial charge in [-0.05, 0) is 37.5 Å². The Bertz CT molecular complexity index is 904. The van der Waals surface area contributed by atoms with E-state index in [1.54, 1.807) is 30.8 Å². The fourth-order valence-corrected chi connectivity index (χ4v) is 4.24. The fraction of sp³-hybridized carbons (Fsp3) is 0.350. The number of ether oxygens (including phenoxy) is 2. The molecule has 6 nitrogen and oxygen atoms in total. The van der Waals surface area contributed by atoms with Gasteiger partial charge in [0.15, 0.2) is 12.4 Å². The molecular weight excluding hydrogens is 435 g/mol. The maximum Gasteiger partial charge on any atom is 0.339 e. The minimum Gasteiger partial charge on any atom is -0.452 e. The number of carbonyl (C=O) groups is 2. The summed E-state index contributed by atoms with van der Waals surface area (Å²) in [5.74, 6) is -0.173. The average molecular weight is 455 g/mol. The van der Waals surface area contributed by atoms with Gasteiger partial charge in [0.2, 0.25) is 0 Å². The van der Waals surface area contributed by atoms with E-state index in [4.69, 9.17) is 32.7 Å². The number of nitrogens with zero attached hydrogens (tertiary/aromatic N) is 1. The van der Waals surface area contributed by atoms with Crippen LogP contribution in [0, 0.1) is 6.92 Å². The minimum absolute atomic E-state index is 0.169. The topological polar surface area (TPSA) is 77.5 Å². The summed E-state index contributed by atoms with van der Waals surface area (Å²) in [4.78, 5) is 29.4. The van der Waals surface area contributed by atoms with E-state index in [2.05, 4.69) is 10.3 Å². The predicted molar refractivity (Wildman–Crippen MR) is 114 cm³/mol.